The van der Waals surface area contributed by atoms with E-state index in [1.165, 1.54) is 6.42 Å². The topological polar surface area (TPSA) is 71.3 Å². The first-order valence-electron chi connectivity index (χ1n) is 10.6. The highest BCUT2D eigenvalue weighted by Gasteiger charge is 2.24. The number of hydrogen-bond acceptors (Lipinski definition) is 4. The summed E-state index contributed by atoms with van der Waals surface area (Å²) in [7, 11) is 1.58. The number of carbonyl (C=O) groups excluding carboxylic acids is 1. The summed E-state index contributed by atoms with van der Waals surface area (Å²) < 4.78 is 13.4. The maximum atomic E-state index is 12.7. The Hall–Kier alpha value is -2.05. The van der Waals surface area contributed by atoms with Crippen molar-refractivity contribution in [1.82, 2.24) is 5.32 Å². The number of nitriles is 1. The molecule has 2 aromatic rings. The van der Waals surface area contributed by atoms with Gasteiger partial charge in [0.15, 0.2) is 11.5 Å². The van der Waals surface area contributed by atoms with E-state index in [4.69, 9.17) is 9.47 Å². The van der Waals surface area contributed by atoms with Gasteiger partial charge in [0.1, 0.15) is 18.2 Å². The molecule has 1 amide bonds. The van der Waals surface area contributed by atoms with E-state index in [2.05, 4.69) is 50.8 Å². The van der Waals surface area contributed by atoms with Gasteiger partial charge in [-0.1, -0.05) is 47.8 Å². The summed E-state index contributed by atoms with van der Waals surface area (Å²) in [6.45, 7) is 2.56. The predicted octanol–water partition coefficient (Wildman–Crippen LogP) is 6.24. The number of amides is 1. The van der Waals surface area contributed by atoms with E-state index in [0.29, 0.717) is 29.6 Å². The van der Waals surface area contributed by atoms with E-state index in [-0.39, 0.29) is 17.5 Å². The molecule has 5 nitrogen and oxygen atoms in total. The van der Waals surface area contributed by atoms with E-state index < -0.39 is 0 Å². The van der Waals surface area contributed by atoms with Crippen LogP contribution in [0.3, 0.4) is 0 Å². The maximum Gasteiger partial charge on any atom is 0.262 e. The minimum absolute atomic E-state index is 0.0872. The second-order valence-electron chi connectivity index (χ2n) is 7.96. The molecule has 1 aliphatic rings. The van der Waals surface area contributed by atoms with Gasteiger partial charge in [-0.3, -0.25) is 4.79 Å². The highest BCUT2D eigenvalue weighted by Crippen LogP contribution is 2.35. The monoisotopic (exact) mass is 608 g/mol. The Morgan fingerprint density at radius 2 is 2.00 bits per heavy atom. The van der Waals surface area contributed by atoms with Gasteiger partial charge in [-0.15, -0.1) is 0 Å². The Bertz CT molecular complexity index is 1030. The van der Waals surface area contributed by atoms with Crippen molar-refractivity contribution in [2.45, 2.75) is 45.3 Å². The van der Waals surface area contributed by atoms with Crippen LogP contribution < -0.4 is 14.8 Å². The molecule has 1 aliphatic carbocycles. The third-order valence-corrected chi connectivity index (χ3v) is 6.98. The smallest absolute Gasteiger partial charge is 0.262 e. The fourth-order valence-corrected chi connectivity index (χ4v) is 4.84. The van der Waals surface area contributed by atoms with Gasteiger partial charge < -0.3 is 14.8 Å². The molecular weight excluding hydrogens is 583 g/mol. The number of hydrogen-bond donors (Lipinski definition) is 1. The molecule has 0 bridgehead atoms. The van der Waals surface area contributed by atoms with Crippen LogP contribution in [0.5, 0.6) is 11.5 Å². The van der Waals surface area contributed by atoms with Crippen molar-refractivity contribution in [3.05, 3.63) is 61.1 Å². The van der Waals surface area contributed by atoms with Crippen LogP contribution in [0, 0.1) is 20.8 Å². The molecule has 168 valence electrons. The molecule has 7 heteroatoms. The summed E-state index contributed by atoms with van der Waals surface area (Å²) in [6.07, 6.45) is 5.97. The minimum Gasteiger partial charge on any atom is -0.493 e. The first-order chi connectivity index (χ1) is 15.4. The van der Waals surface area contributed by atoms with Gasteiger partial charge in [-0.25, -0.2) is 0 Å². The molecule has 0 heterocycles. The van der Waals surface area contributed by atoms with Crippen molar-refractivity contribution in [3.8, 4) is 17.6 Å². The van der Waals surface area contributed by atoms with Crippen LogP contribution in [0.2, 0.25) is 0 Å². The molecule has 1 N–H and O–H groups in total. The molecule has 0 saturated heterocycles. The average molecular weight is 609 g/mol. The van der Waals surface area contributed by atoms with Gasteiger partial charge in [0.2, 0.25) is 0 Å². The summed E-state index contributed by atoms with van der Waals surface area (Å²) in [4.78, 5) is 12.7. The molecule has 32 heavy (non-hydrogen) atoms. The summed E-state index contributed by atoms with van der Waals surface area (Å²) in [5.74, 6) is 1.29. The zero-order chi connectivity index (χ0) is 23.1. The molecule has 0 radical (unpaired) electrons. The normalized spacial score (nSPS) is 18.5. The number of methoxy groups -OCH3 is 1. The van der Waals surface area contributed by atoms with Crippen LogP contribution in [-0.4, -0.2) is 19.1 Å². The lowest BCUT2D eigenvalue weighted by atomic mass is 9.86. The molecule has 2 atom stereocenters. The van der Waals surface area contributed by atoms with Crippen LogP contribution in [0.4, 0.5) is 0 Å². The Morgan fingerprint density at radius 3 is 2.66 bits per heavy atom. The Labute approximate surface area is 211 Å². The molecule has 1 saturated carbocycles. The molecule has 3 rings (SSSR count). The molecule has 0 unspecified atom stereocenters. The molecule has 0 spiro atoms. The lowest BCUT2D eigenvalue weighted by Gasteiger charge is -2.29. The predicted molar refractivity (Wildman–Crippen MR) is 137 cm³/mol. The van der Waals surface area contributed by atoms with E-state index >= 15 is 0 Å². The van der Waals surface area contributed by atoms with E-state index in [1.807, 2.05) is 36.4 Å². The fraction of sp³-hybridized carbons (Fsp3) is 0.360. The largest absolute Gasteiger partial charge is 0.493 e. The van der Waals surface area contributed by atoms with Crippen molar-refractivity contribution < 1.29 is 14.3 Å². The Morgan fingerprint density at radius 1 is 1.28 bits per heavy atom. The molecule has 0 aromatic heterocycles. The lowest BCUT2D eigenvalue weighted by molar-refractivity contribution is -0.118. The quantitative estimate of drug-likeness (QED) is 0.229. The number of ether oxygens (including phenoxy) is 2. The number of carbonyl (C=O) groups is 1. The van der Waals surface area contributed by atoms with Crippen LogP contribution in [0.15, 0.2) is 46.4 Å². The Balaban J connectivity index is 1.77. The summed E-state index contributed by atoms with van der Waals surface area (Å²) in [5, 5.41) is 12.6. The average Bonchev–Trinajstić information content (AvgIpc) is 2.79. The van der Waals surface area contributed by atoms with Crippen molar-refractivity contribution >= 4 is 50.5 Å². The van der Waals surface area contributed by atoms with Gasteiger partial charge in [0.25, 0.3) is 5.91 Å². The highest BCUT2D eigenvalue weighted by atomic mass is 127. The van der Waals surface area contributed by atoms with Crippen molar-refractivity contribution in [3.63, 3.8) is 0 Å². The summed E-state index contributed by atoms with van der Waals surface area (Å²) >= 11 is 5.61. The molecular formula is C25H26BrIN2O3. The van der Waals surface area contributed by atoms with Gasteiger partial charge >= 0.3 is 0 Å². The molecule has 2 aromatic carbocycles. The highest BCUT2D eigenvalue weighted by molar-refractivity contribution is 14.1. The number of benzene rings is 2. The first kappa shape index (κ1) is 24.6. The SMILES string of the molecule is COc1cc(/C=C(\C#N)C(=O)N[C@@H]2CCCC[C@@H]2C)cc(I)c1OCc1ccc(Br)cc1. The van der Waals surface area contributed by atoms with Crippen molar-refractivity contribution in [2.75, 3.05) is 7.11 Å². The van der Waals surface area contributed by atoms with Crippen molar-refractivity contribution in [2.24, 2.45) is 5.92 Å². The number of halogens is 2. The van der Waals surface area contributed by atoms with Crippen molar-refractivity contribution in [1.29, 1.82) is 5.26 Å². The lowest BCUT2D eigenvalue weighted by Crippen LogP contribution is -2.41. The second-order valence-corrected chi connectivity index (χ2v) is 10.0. The van der Waals surface area contributed by atoms with Gasteiger partial charge in [0, 0.05) is 10.5 Å². The summed E-state index contributed by atoms with van der Waals surface area (Å²) in [6, 6.07) is 13.8. The van der Waals surface area contributed by atoms with Crippen LogP contribution >= 0.6 is 38.5 Å². The van der Waals surface area contributed by atoms with Crippen LogP contribution in [-0.2, 0) is 11.4 Å². The number of nitrogens with zero attached hydrogens (tertiary/aromatic N) is 1. The van der Waals surface area contributed by atoms with Crippen LogP contribution in [0.1, 0.15) is 43.7 Å². The third-order valence-electron chi connectivity index (χ3n) is 5.65. The molecule has 1 fully saturated rings. The number of rotatable bonds is 7. The standard InChI is InChI=1S/C25H26BrIN2O3/c1-16-5-3-4-6-22(16)29-25(30)19(14-28)11-18-12-21(27)24(23(13-18)31-2)32-15-17-7-9-20(26)10-8-17/h7-13,16,22H,3-6,15H2,1-2H3,(H,29,30)/b19-11+/t16-,22+/m0/s1. The number of nitrogens with one attached hydrogen (secondary N) is 1. The minimum atomic E-state index is -0.323. The first-order valence-corrected chi connectivity index (χ1v) is 12.5. The fourth-order valence-electron chi connectivity index (χ4n) is 3.79. The Kier molecular flexibility index (Phi) is 9.00. The van der Waals surface area contributed by atoms with E-state index in [1.54, 1.807) is 19.3 Å². The maximum absolute atomic E-state index is 12.7. The zero-order valence-corrected chi connectivity index (χ0v) is 21.9. The van der Waals surface area contributed by atoms with Gasteiger partial charge in [-0.05, 0) is 82.8 Å². The summed E-state index contributed by atoms with van der Waals surface area (Å²) in [5.41, 5.74) is 1.84. The van der Waals surface area contributed by atoms with Gasteiger partial charge in [0.05, 0.1) is 10.7 Å². The zero-order valence-electron chi connectivity index (χ0n) is 18.2. The van der Waals surface area contributed by atoms with Crippen LogP contribution in [0.25, 0.3) is 6.08 Å². The van der Waals surface area contributed by atoms with E-state index in [0.717, 1.165) is 32.9 Å². The third kappa shape index (κ3) is 6.48. The van der Waals surface area contributed by atoms with Gasteiger partial charge in [-0.2, -0.15) is 5.26 Å². The second kappa shape index (κ2) is 11.7. The molecule has 0 aliphatic heterocycles. The van der Waals surface area contributed by atoms with E-state index in [9.17, 15) is 10.1 Å².